The van der Waals surface area contributed by atoms with Crippen LogP contribution in [-0.4, -0.2) is 21.5 Å². The van der Waals surface area contributed by atoms with Crippen molar-refractivity contribution in [1.82, 2.24) is 14.5 Å². The number of hydrogen-bond donors (Lipinski definition) is 0. The molecule has 5 nitrogen and oxygen atoms in total. The van der Waals surface area contributed by atoms with E-state index in [2.05, 4.69) is 41.4 Å². The molecule has 3 aromatic carbocycles. The minimum Gasteiger partial charge on any atom is -0.669 e. The van der Waals surface area contributed by atoms with Crippen LogP contribution in [-0.2, 0) is 40.5 Å². The van der Waals surface area contributed by atoms with Gasteiger partial charge >= 0.3 is 0 Å². The number of hydrogen-bond acceptors (Lipinski definition) is 4. The normalized spacial score (nSPS) is 11.4. The van der Waals surface area contributed by atoms with Crippen LogP contribution in [0.1, 0.15) is 0 Å². The van der Waals surface area contributed by atoms with Gasteiger partial charge in [0.25, 0.3) is 0 Å². The third kappa shape index (κ3) is 8.06. The molecule has 0 amide bonds. The molecule has 2 aromatic heterocycles. The minimum atomic E-state index is 0. The maximum Gasteiger partial charge on any atom is 0.0143 e. The number of benzene rings is 3. The maximum atomic E-state index is 6.57. The van der Waals surface area contributed by atoms with Crippen molar-refractivity contribution in [2.24, 2.45) is 0 Å². The van der Waals surface area contributed by atoms with E-state index in [9.17, 15) is 0 Å². The van der Waals surface area contributed by atoms with E-state index in [1.807, 2.05) is 103 Å². The van der Waals surface area contributed by atoms with Crippen molar-refractivity contribution < 1.29 is 45.3 Å². The Morgan fingerprint density at radius 1 is 0.850 bits per heavy atom. The number of aromatic nitrogens is 2. The van der Waals surface area contributed by atoms with E-state index in [1.165, 1.54) is 0 Å². The van der Waals surface area contributed by atoms with Crippen molar-refractivity contribution >= 4 is 5.69 Å². The van der Waals surface area contributed by atoms with Crippen LogP contribution in [0.4, 0.5) is 5.69 Å². The third-order valence-corrected chi connectivity index (χ3v) is 5.40. The molecule has 0 saturated heterocycles. The topological polar surface area (TPSA) is 33.5 Å². The molecule has 7 heteroatoms. The van der Waals surface area contributed by atoms with Gasteiger partial charge in [0.1, 0.15) is 0 Å². The van der Waals surface area contributed by atoms with Crippen molar-refractivity contribution in [1.29, 1.82) is 0 Å². The average Bonchev–Trinajstić information content (AvgIpc) is 3.66. The van der Waals surface area contributed by atoms with Gasteiger partial charge in [0.15, 0.2) is 0 Å². The molecule has 205 valence electrons. The van der Waals surface area contributed by atoms with Gasteiger partial charge in [0.05, 0.1) is 0 Å². The molecule has 0 fully saturated rings. The molecule has 0 aliphatic carbocycles. The van der Waals surface area contributed by atoms with Crippen LogP contribution in [0.2, 0.25) is 0 Å². The van der Waals surface area contributed by atoms with E-state index in [4.69, 9.17) is 11.2 Å². The van der Waals surface area contributed by atoms with Crippen molar-refractivity contribution in [2.45, 2.75) is 0 Å². The van der Waals surface area contributed by atoms with Gasteiger partial charge < -0.3 is 42.1 Å². The summed E-state index contributed by atoms with van der Waals surface area (Å²) in [4.78, 5) is 8.39. The zero-order chi connectivity index (χ0) is 26.2. The summed E-state index contributed by atoms with van der Waals surface area (Å²) in [5.74, 6) is 1.17. The number of anilines is 1. The summed E-state index contributed by atoms with van der Waals surface area (Å²) < 4.78 is 7.57. The summed E-state index contributed by atoms with van der Waals surface area (Å²) in [5.41, 5.74) is 4.10. The summed E-state index contributed by atoms with van der Waals surface area (Å²) in [6.07, 6.45) is 15.8. The van der Waals surface area contributed by atoms with Crippen LogP contribution < -0.4 is 9.64 Å². The fourth-order valence-electron chi connectivity index (χ4n) is 3.59. The second kappa shape index (κ2) is 15.0. The van der Waals surface area contributed by atoms with Crippen LogP contribution in [0, 0.1) is 49.5 Å². The number of nitrogens with zero attached hydrogens (tertiary/aromatic N) is 4. The molecular weight excluding hydrogens is 767 g/mol. The Hall–Kier alpha value is -3.90. The minimum absolute atomic E-state index is 0. The summed E-state index contributed by atoms with van der Waals surface area (Å²) >= 11 is 0. The third-order valence-electron chi connectivity index (χ3n) is 5.40. The number of ether oxygens (including phenoxy) is 1. The molecule has 6 rings (SSSR count). The van der Waals surface area contributed by atoms with Crippen LogP contribution in [0.15, 0.2) is 104 Å². The van der Waals surface area contributed by atoms with Crippen LogP contribution in [0.3, 0.4) is 0 Å². The molecule has 0 atom stereocenters. The van der Waals surface area contributed by atoms with E-state index in [-0.39, 0.29) is 40.5 Å². The smallest absolute Gasteiger partial charge is 0.0143 e. The first kappa shape index (κ1) is 30.6. The second-order valence-corrected chi connectivity index (χ2v) is 8.14. The van der Waals surface area contributed by atoms with Crippen LogP contribution in [0.25, 0.3) is 22.4 Å². The molecule has 1 radical (unpaired) electrons. The first-order valence-electron chi connectivity index (χ1n) is 11.8. The van der Waals surface area contributed by atoms with Crippen molar-refractivity contribution in [3.05, 3.63) is 147 Å². The number of pyridine rings is 1. The fourth-order valence-corrected chi connectivity index (χ4v) is 3.59. The van der Waals surface area contributed by atoms with Crippen LogP contribution in [0.5, 0.6) is 11.5 Å². The standard InChI is InChI=1S/C27H17N3O.C6H4N.Ir.Pd/c1-29-15-16-30(20-29)24-10-6-12-26(19-24)31-25-11-5-9-23(17-25)27-18-22(13-14-28-27)21-7-3-2-4-8-21;1-2-7-5-3-4-6-7;;/h2-7,10-16,20H,1H3;3-6H;;/q-6;-1;;. The summed E-state index contributed by atoms with van der Waals surface area (Å²) in [6.45, 7) is 1.97. The Balaban J connectivity index is 0.000000431. The van der Waals surface area contributed by atoms with E-state index in [1.54, 1.807) is 29.2 Å². The Labute approximate surface area is 263 Å². The largest absolute Gasteiger partial charge is 0.669 e. The summed E-state index contributed by atoms with van der Waals surface area (Å²) in [7, 11) is 1.98. The quantitative estimate of drug-likeness (QED) is 0.117. The molecule has 0 saturated carbocycles. The van der Waals surface area contributed by atoms with E-state index >= 15 is 0 Å². The average molecular weight is 788 g/mol. The van der Waals surface area contributed by atoms with Crippen molar-refractivity contribution in [3.63, 3.8) is 0 Å². The molecule has 3 heterocycles. The molecule has 0 bridgehead atoms. The van der Waals surface area contributed by atoms with Gasteiger partial charge in [-0.1, -0.05) is 5.75 Å². The van der Waals surface area contributed by atoms with Gasteiger partial charge in [0, 0.05) is 58.7 Å². The monoisotopic (exact) mass is 788 g/mol. The molecule has 5 aromatic rings. The van der Waals surface area contributed by atoms with Gasteiger partial charge in [-0.3, -0.25) is 12.1 Å². The molecular formula is C33H21IrN4OPd-7. The predicted octanol–water partition coefficient (Wildman–Crippen LogP) is 6.43. The molecule has 1 aliphatic rings. The van der Waals surface area contributed by atoms with E-state index in [0.29, 0.717) is 22.8 Å². The van der Waals surface area contributed by atoms with Crippen LogP contribution >= 0.6 is 0 Å². The first-order chi connectivity index (χ1) is 18.7. The Morgan fingerprint density at radius 3 is 2.38 bits per heavy atom. The fraction of sp³-hybridized carbons (Fsp3) is 0.0303. The van der Waals surface area contributed by atoms with Crippen molar-refractivity contribution in [2.75, 3.05) is 11.9 Å². The van der Waals surface area contributed by atoms with Gasteiger partial charge in [-0.05, 0) is 37.8 Å². The molecule has 0 N–H and O–H groups in total. The molecule has 40 heavy (non-hydrogen) atoms. The summed E-state index contributed by atoms with van der Waals surface area (Å²) in [5, 5.41) is 0. The molecule has 0 spiro atoms. The van der Waals surface area contributed by atoms with Gasteiger partial charge in [0.2, 0.25) is 0 Å². The Morgan fingerprint density at radius 2 is 1.68 bits per heavy atom. The Bertz CT molecular complexity index is 1570. The zero-order valence-electron chi connectivity index (χ0n) is 21.2. The molecule has 1 aliphatic heterocycles. The van der Waals surface area contributed by atoms with Gasteiger partial charge in [-0.25, -0.2) is 23.2 Å². The molecule has 0 unspecified atom stereocenters. The second-order valence-electron chi connectivity index (χ2n) is 8.14. The van der Waals surface area contributed by atoms with E-state index < -0.39 is 0 Å². The predicted molar refractivity (Wildman–Crippen MR) is 146 cm³/mol. The summed E-state index contributed by atoms with van der Waals surface area (Å²) in [6, 6.07) is 41.2. The zero-order valence-corrected chi connectivity index (χ0v) is 25.2. The van der Waals surface area contributed by atoms with Gasteiger partial charge in [-0.2, -0.15) is 54.8 Å². The number of rotatable bonds is 5. The first-order valence-corrected chi connectivity index (χ1v) is 11.8. The maximum absolute atomic E-state index is 6.57. The van der Waals surface area contributed by atoms with E-state index in [0.717, 1.165) is 16.8 Å². The van der Waals surface area contributed by atoms with Crippen molar-refractivity contribution in [3.8, 4) is 39.9 Å². The van der Waals surface area contributed by atoms with Gasteiger partial charge in [-0.15, -0.1) is 30.0 Å². The SMILES string of the molecule is CN1C=CN(c2[c-]c(Oc3[c-]c(-c4[c-]c(-c5[c-]cccc5)ccn4)[c-]cc3)ccc2)[CH-]1.[C-]#Cn1cccc1.[Ir].[Pd]. The Kier molecular flexibility index (Phi) is 11.5.